The van der Waals surface area contributed by atoms with Gasteiger partial charge in [-0.15, -0.1) is 0 Å². The molecule has 3 N–H and O–H groups in total. The Balaban J connectivity index is 1.39. The molecule has 1 aliphatic carbocycles. The van der Waals surface area contributed by atoms with Crippen molar-refractivity contribution < 1.29 is 9.13 Å². The van der Waals surface area contributed by atoms with E-state index in [1.165, 1.54) is 6.42 Å². The standard InChI is InChI=1S/C25H28N7O/c26-12-13-30-14-16-31(17-15-30)21-9-7-20(8-10-21)28-25-27-18-19-6-11-23(33)32(24(19)29-25)22-4-2-1-3-5-22/h6-11,14-18,22H,1-5,12-13,26H2/q+1/p+1. The Morgan fingerprint density at radius 2 is 1.76 bits per heavy atom. The normalized spacial score (nSPS) is 14.5. The molecule has 0 saturated heterocycles. The largest absolute Gasteiger partial charge is 0.325 e. The summed E-state index contributed by atoms with van der Waals surface area (Å²) in [5, 5.41) is 4.17. The average molecular weight is 444 g/mol. The summed E-state index contributed by atoms with van der Waals surface area (Å²) < 4.78 is 5.97. The van der Waals surface area contributed by atoms with Crippen LogP contribution in [-0.2, 0) is 6.54 Å². The Kier molecular flexibility index (Phi) is 6.08. The maximum Gasteiger partial charge on any atom is 0.252 e. The van der Waals surface area contributed by atoms with Crippen LogP contribution >= 0.6 is 0 Å². The van der Waals surface area contributed by atoms with Crippen molar-refractivity contribution in [1.82, 2.24) is 14.5 Å². The zero-order valence-electron chi connectivity index (χ0n) is 18.6. The molecule has 1 aromatic carbocycles. The van der Waals surface area contributed by atoms with Crippen LogP contribution in [0.2, 0.25) is 0 Å². The van der Waals surface area contributed by atoms with Gasteiger partial charge in [0.05, 0.1) is 6.54 Å². The quantitative estimate of drug-likeness (QED) is 0.447. The van der Waals surface area contributed by atoms with Gasteiger partial charge >= 0.3 is 0 Å². The monoisotopic (exact) mass is 443 g/mol. The highest BCUT2D eigenvalue weighted by Gasteiger charge is 2.19. The first-order valence-corrected chi connectivity index (χ1v) is 11.6. The van der Waals surface area contributed by atoms with Gasteiger partial charge < -0.3 is 11.1 Å². The summed E-state index contributed by atoms with van der Waals surface area (Å²) in [5.74, 6) is 0.487. The van der Waals surface area contributed by atoms with Gasteiger partial charge in [-0.3, -0.25) is 9.36 Å². The van der Waals surface area contributed by atoms with E-state index in [0.29, 0.717) is 18.1 Å². The minimum atomic E-state index is 0.0103. The first kappa shape index (κ1) is 21.2. The zero-order valence-corrected chi connectivity index (χ0v) is 18.6. The molecule has 8 heteroatoms. The first-order valence-electron chi connectivity index (χ1n) is 11.6. The lowest BCUT2D eigenvalue weighted by atomic mass is 9.95. The molecule has 0 amide bonds. The van der Waals surface area contributed by atoms with Crippen molar-refractivity contribution in [1.29, 1.82) is 0 Å². The summed E-state index contributed by atoms with van der Waals surface area (Å²) in [6.45, 7) is 1.41. The van der Waals surface area contributed by atoms with Crippen LogP contribution in [0.4, 0.5) is 11.6 Å². The molecule has 0 spiro atoms. The molecule has 5 rings (SSSR count). The maximum absolute atomic E-state index is 12.7. The number of fused-ring (bicyclic) bond motifs is 1. The van der Waals surface area contributed by atoms with Crippen LogP contribution in [-0.4, -0.2) is 21.1 Å². The Labute approximate surface area is 192 Å². The highest BCUT2D eigenvalue weighted by atomic mass is 16.1. The average Bonchev–Trinajstić information content (AvgIpc) is 2.86. The second-order valence-corrected chi connectivity index (χ2v) is 8.51. The number of nitrogens with two attached hydrogens (primary N) is 1. The second kappa shape index (κ2) is 9.46. The molecule has 8 nitrogen and oxygen atoms in total. The van der Waals surface area contributed by atoms with Gasteiger partial charge in [0.25, 0.3) is 5.56 Å². The Morgan fingerprint density at radius 3 is 2.48 bits per heavy atom. The van der Waals surface area contributed by atoms with Crippen molar-refractivity contribution in [2.45, 2.75) is 44.7 Å². The van der Waals surface area contributed by atoms with E-state index in [1.54, 1.807) is 12.3 Å². The third kappa shape index (κ3) is 4.61. The van der Waals surface area contributed by atoms with E-state index in [2.05, 4.69) is 14.9 Å². The van der Waals surface area contributed by atoms with Crippen molar-refractivity contribution in [3.05, 3.63) is 77.7 Å². The predicted octanol–water partition coefficient (Wildman–Crippen LogP) is 2.56. The minimum Gasteiger partial charge on any atom is -0.325 e. The fraction of sp³-hybridized carbons (Fsp3) is 0.320. The molecule has 4 aromatic rings. The predicted molar refractivity (Wildman–Crippen MR) is 126 cm³/mol. The summed E-state index contributed by atoms with van der Waals surface area (Å²) in [6, 6.07) is 11.7. The molecular formula is C25H29N7O+2. The lowest BCUT2D eigenvalue weighted by molar-refractivity contribution is -0.719. The van der Waals surface area contributed by atoms with Gasteiger partial charge in [0.2, 0.25) is 36.4 Å². The molecule has 3 aromatic heterocycles. The van der Waals surface area contributed by atoms with E-state index >= 15 is 0 Å². The molecule has 0 unspecified atom stereocenters. The van der Waals surface area contributed by atoms with Crippen LogP contribution in [0, 0.1) is 0 Å². The van der Waals surface area contributed by atoms with Crippen LogP contribution in [0.1, 0.15) is 38.1 Å². The topological polar surface area (TPSA) is 93.6 Å². The Morgan fingerprint density at radius 1 is 1.00 bits per heavy atom. The van der Waals surface area contributed by atoms with E-state index < -0.39 is 0 Å². The third-order valence-electron chi connectivity index (χ3n) is 6.25. The Hall–Kier alpha value is -3.65. The van der Waals surface area contributed by atoms with E-state index in [9.17, 15) is 4.79 Å². The van der Waals surface area contributed by atoms with Crippen LogP contribution in [0.15, 0.2) is 72.2 Å². The summed E-state index contributed by atoms with van der Waals surface area (Å²) in [5.41, 5.74) is 8.26. The van der Waals surface area contributed by atoms with Crippen LogP contribution in [0.5, 0.6) is 0 Å². The lowest BCUT2D eigenvalue weighted by Crippen LogP contribution is -2.42. The van der Waals surface area contributed by atoms with Crippen molar-refractivity contribution in [3.63, 3.8) is 0 Å². The number of anilines is 2. The molecule has 1 fully saturated rings. The number of hydrogen-bond donors (Lipinski definition) is 2. The Bertz CT molecular complexity index is 1290. The van der Waals surface area contributed by atoms with Crippen molar-refractivity contribution in [2.75, 3.05) is 11.9 Å². The summed E-state index contributed by atoms with van der Waals surface area (Å²) in [4.78, 5) is 21.9. The number of nitrogens with zero attached hydrogens (tertiary/aromatic N) is 5. The molecule has 0 radical (unpaired) electrons. The number of nitrogens with one attached hydrogen (secondary N) is 1. The van der Waals surface area contributed by atoms with Gasteiger partial charge in [-0.05, 0) is 31.0 Å². The highest BCUT2D eigenvalue weighted by molar-refractivity contribution is 5.75. The van der Waals surface area contributed by atoms with Gasteiger partial charge in [0, 0.05) is 41.5 Å². The molecule has 0 aliphatic heterocycles. The number of pyridine rings is 1. The number of benzene rings is 1. The molecule has 0 bridgehead atoms. The van der Waals surface area contributed by atoms with Gasteiger partial charge in [0.1, 0.15) is 5.65 Å². The third-order valence-corrected chi connectivity index (χ3v) is 6.25. The molecule has 1 saturated carbocycles. The first-order chi connectivity index (χ1) is 16.2. The zero-order chi connectivity index (χ0) is 22.6. The molecule has 33 heavy (non-hydrogen) atoms. The van der Waals surface area contributed by atoms with E-state index in [0.717, 1.165) is 49.0 Å². The number of aromatic nitrogens is 5. The summed E-state index contributed by atoms with van der Waals surface area (Å²) in [6.07, 6.45) is 15.4. The van der Waals surface area contributed by atoms with E-state index in [4.69, 9.17) is 10.7 Å². The SMILES string of the molecule is NCC[n+]1cc[n+](-c2ccc(Nc3ncc4ccc(=O)n(C5CCCCC5)c4n3)cc2)cc1. The maximum atomic E-state index is 12.7. The smallest absolute Gasteiger partial charge is 0.252 e. The highest BCUT2D eigenvalue weighted by Crippen LogP contribution is 2.29. The van der Waals surface area contributed by atoms with Crippen LogP contribution in [0.25, 0.3) is 16.7 Å². The molecular weight excluding hydrogens is 414 g/mol. The van der Waals surface area contributed by atoms with E-state index in [-0.39, 0.29) is 11.6 Å². The van der Waals surface area contributed by atoms with Gasteiger partial charge in [0.15, 0.2) is 6.54 Å². The van der Waals surface area contributed by atoms with Gasteiger partial charge in [-0.2, -0.15) is 14.1 Å². The minimum absolute atomic E-state index is 0.0103. The van der Waals surface area contributed by atoms with Crippen molar-refractivity contribution in [2.24, 2.45) is 5.73 Å². The summed E-state index contributed by atoms with van der Waals surface area (Å²) in [7, 11) is 0. The molecule has 0 atom stereocenters. The van der Waals surface area contributed by atoms with Gasteiger partial charge in [-0.1, -0.05) is 19.3 Å². The molecule has 1 aliphatic rings. The fourth-order valence-electron chi connectivity index (χ4n) is 4.52. The van der Waals surface area contributed by atoms with Crippen LogP contribution < -0.4 is 25.7 Å². The fourth-order valence-corrected chi connectivity index (χ4v) is 4.52. The lowest BCUT2D eigenvalue weighted by Gasteiger charge is -2.24. The number of hydrogen-bond acceptors (Lipinski definition) is 5. The van der Waals surface area contributed by atoms with Crippen molar-refractivity contribution >= 4 is 22.7 Å². The molecule has 3 heterocycles. The van der Waals surface area contributed by atoms with E-state index in [1.807, 2.05) is 64.3 Å². The number of rotatable bonds is 6. The summed E-state index contributed by atoms with van der Waals surface area (Å²) >= 11 is 0. The van der Waals surface area contributed by atoms with Crippen LogP contribution in [0.3, 0.4) is 0 Å². The second-order valence-electron chi connectivity index (χ2n) is 8.51. The van der Waals surface area contributed by atoms with Crippen molar-refractivity contribution in [3.8, 4) is 5.69 Å². The van der Waals surface area contributed by atoms with Gasteiger partial charge in [-0.25, -0.2) is 4.98 Å². The molecule has 168 valence electrons.